The third-order valence-corrected chi connectivity index (χ3v) is 10.4. The average molecular weight is 570 g/mol. The molecule has 2 saturated heterocycles. The first kappa shape index (κ1) is 28.4. The summed E-state index contributed by atoms with van der Waals surface area (Å²) in [6.07, 6.45) is 5.83. The number of carboxylic acid groups (broad SMARTS) is 1. The van der Waals surface area contributed by atoms with Crippen molar-refractivity contribution in [3.8, 4) is 5.75 Å². The Labute approximate surface area is 239 Å². The van der Waals surface area contributed by atoms with Gasteiger partial charge in [0.1, 0.15) is 5.75 Å². The second kappa shape index (κ2) is 13.5. The predicted molar refractivity (Wildman–Crippen MR) is 158 cm³/mol. The molecule has 7 nitrogen and oxygen atoms in total. The van der Waals surface area contributed by atoms with Gasteiger partial charge in [-0.1, -0.05) is 6.07 Å². The summed E-state index contributed by atoms with van der Waals surface area (Å²) in [6, 6.07) is 10.3. The number of fused-ring (bicyclic) bond motifs is 1. The summed E-state index contributed by atoms with van der Waals surface area (Å²) in [5, 5.41) is 13.5. The topological polar surface area (TPSA) is 75.1 Å². The van der Waals surface area contributed by atoms with Crippen molar-refractivity contribution >= 4 is 40.0 Å². The zero-order valence-electron chi connectivity index (χ0n) is 22.8. The number of carbonyl (C=O) groups is 1. The lowest BCUT2D eigenvalue weighted by Crippen LogP contribution is -2.45. The number of ether oxygens (including phenoxy) is 2. The molecule has 2 fully saturated rings. The summed E-state index contributed by atoms with van der Waals surface area (Å²) >= 11 is 3.67. The fraction of sp³-hybridized carbons (Fsp3) is 0.533. The number of pyridine rings is 1. The molecule has 0 saturated carbocycles. The number of aromatic nitrogens is 1. The van der Waals surface area contributed by atoms with Gasteiger partial charge in [-0.2, -0.15) is 0 Å². The molecule has 2 aromatic heterocycles. The molecule has 0 amide bonds. The molecule has 2 aliphatic rings. The Kier molecular flexibility index (Phi) is 9.79. The van der Waals surface area contributed by atoms with Gasteiger partial charge in [0.15, 0.2) is 0 Å². The van der Waals surface area contributed by atoms with Gasteiger partial charge in [-0.3, -0.25) is 14.7 Å². The number of nitrogens with zero attached hydrogens (tertiary/aromatic N) is 3. The number of rotatable bonds is 12. The number of aliphatic carboxylic acids is 1. The first-order chi connectivity index (χ1) is 19.1. The number of thiophene rings is 1. The zero-order chi connectivity index (χ0) is 27.1. The highest BCUT2D eigenvalue weighted by Gasteiger charge is 2.40. The third kappa shape index (κ3) is 7.13. The van der Waals surface area contributed by atoms with Crippen LogP contribution in [0.15, 0.2) is 46.1 Å². The molecule has 2 aliphatic heterocycles. The van der Waals surface area contributed by atoms with Crippen LogP contribution >= 0.6 is 23.1 Å². The first-order valence-electron chi connectivity index (χ1n) is 13.9. The minimum Gasteiger partial charge on any atom is -0.497 e. The highest BCUT2D eigenvalue weighted by Crippen LogP contribution is 2.38. The van der Waals surface area contributed by atoms with Crippen molar-refractivity contribution < 1.29 is 19.4 Å². The Morgan fingerprint density at radius 2 is 2.00 bits per heavy atom. The Hall–Kier alpha value is -2.17. The number of carboxylic acids is 1. The average Bonchev–Trinajstić information content (AvgIpc) is 3.48. The molecule has 0 radical (unpaired) electrons. The lowest BCUT2D eigenvalue weighted by atomic mass is 9.74. The number of aryl methyl sites for hydroxylation is 1. The number of hydrogen-bond acceptors (Lipinski definition) is 8. The van der Waals surface area contributed by atoms with Gasteiger partial charge in [0, 0.05) is 43.5 Å². The summed E-state index contributed by atoms with van der Waals surface area (Å²) in [7, 11) is 1.69. The summed E-state index contributed by atoms with van der Waals surface area (Å²) < 4.78 is 12.4. The van der Waals surface area contributed by atoms with Crippen molar-refractivity contribution in [2.45, 2.75) is 42.9 Å². The summed E-state index contributed by atoms with van der Waals surface area (Å²) in [6.45, 7) is 6.91. The van der Waals surface area contributed by atoms with Gasteiger partial charge < -0.3 is 19.5 Å². The molecular weight excluding hydrogens is 530 g/mol. The fourth-order valence-electron chi connectivity index (χ4n) is 5.83. The number of likely N-dealkylation sites (tertiary alicyclic amines) is 1. The quantitative estimate of drug-likeness (QED) is 0.290. The van der Waals surface area contributed by atoms with Crippen LogP contribution in [-0.4, -0.2) is 84.7 Å². The molecule has 9 heteroatoms. The van der Waals surface area contributed by atoms with E-state index in [9.17, 15) is 9.90 Å². The molecule has 210 valence electrons. The lowest BCUT2D eigenvalue weighted by Gasteiger charge is -2.39. The molecule has 0 atom stereocenters. The standard InChI is InChI=1S/C30H39N3O4S2/c1-36-24-6-7-27-26(20-24)25(23(21-31-27)22-33-13-16-37-17-14-33)4-2-8-30(29(34)35)9-11-32(12-10-30)15-19-39-28-5-3-18-38-28/h3,5-7,18,20-21H,2,4,8-17,19,22H2,1H3,(H,34,35). The monoisotopic (exact) mass is 569 g/mol. The van der Waals surface area contributed by atoms with E-state index in [-0.39, 0.29) is 0 Å². The Balaban J connectivity index is 1.24. The minimum absolute atomic E-state index is 0.634. The van der Waals surface area contributed by atoms with Crippen LogP contribution in [0.4, 0.5) is 0 Å². The van der Waals surface area contributed by atoms with Crippen LogP contribution in [0.2, 0.25) is 0 Å². The van der Waals surface area contributed by atoms with E-state index < -0.39 is 11.4 Å². The van der Waals surface area contributed by atoms with Crippen molar-refractivity contribution in [3.63, 3.8) is 0 Å². The normalized spacial score (nSPS) is 18.4. The van der Waals surface area contributed by atoms with Gasteiger partial charge in [-0.05, 0) is 86.0 Å². The van der Waals surface area contributed by atoms with Gasteiger partial charge in [-0.25, -0.2) is 0 Å². The maximum absolute atomic E-state index is 12.6. The maximum atomic E-state index is 12.6. The number of methoxy groups -OCH3 is 1. The van der Waals surface area contributed by atoms with E-state index in [4.69, 9.17) is 14.5 Å². The fourth-order valence-corrected chi connectivity index (χ4v) is 7.69. The third-order valence-electron chi connectivity index (χ3n) is 8.27. The highest BCUT2D eigenvalue weighted by molar-refractivity contribution is 8.01. The highest BCUT2D eigenvalue weighted by atomic mass is 32.2. The van der Waals surface area contributed by atoms with E-state index in [1.807, 2.05) is 30.1 Å². The van der Waals surface area contributed by atoms with Gasteiger partial charge in [0.05, 0.1) is 35.5 Å². The second-order valence-corrected chi connectivity index (χ2v) is 12.9. The second-order valence-electron chi connectivity index (χ2n) is 10.6. The van der Waals surface area contributed by atoms with Crippen molar-refractivity contribution in [1.82, 2.24) is 14.8 Å². The molecule has 39 heavy (non-hydrogen) atoms. The first-order valence-corrected chi connectivity index (χ1v) is 15.8. The number of hydrogen-bond donors (Lipinski definition) is 1. The Morgan fingerprint density at radius 1 is 1.18 bits per heavy atom. The molecular formula is C30H39N3O4S2. The van der Waals surface area contributed by atoms with E-state index in [1.165, 1.54) is 15.3 Å². The van der Waals surface area contributed by atoms with Crippen molar-refractivity contribution in [3.05, 3.63) is 53.0 Å². The van der Waals surface area contributed by atoms with E-state index in [2.05, 4.69) is 33.4 Å². The van der Waals surface area contributed by atoms with Crippen molar-refractivity contribution in [1.29, 1.82) is 0 Å². The molecule has 1 aromatic carbocycles. The molecule has 0 bridgehead atoms. The Morgan fingerprint density at radius 3 is 2.72 bits per heavy atom. The molecule has 0 aliphatic carbocycles. The van der Waals surface area contributed by atoms with Crippen LogP contribution < -0.4 is 4.74 Å². The lowest BCUT2D eigenvalue weighted by molar-refractivity contribution is -0.152. The van der Waals surface area contributed by atoms with Crippen LogP contribution in [0.5, 0.6) is 5.75 Å². The summed E-state index contributed by atoms with van der Waals surface area (Å²) in [4.78, 5) is 22.2. The number of benzene rings is 1. The summed E-state index contributed by atoms with van der Waals surface area (Å²) in [5.74, 6) is 1.23. The SMILES string of the molecule is COc1ccc2ncc(CN3CCOCC3)c(CCCC3(C(=O)O)CCN(CCSc4cccs4)CC3)c2c1. The van der Waals surface area contributed by atoms with Crippen LogP contribution in [0.3, 0.4) is 0 Å². The summed E-state index contributed by atoms with van der Waals surface area (Å²) in [5.41, 5.74) is 2.81. The van der Waals surface area contributed by atoms with E-state index >= 15 is 0 Å². The van der Waals surface area contributed by atoms with Crippen LogP contribution in [0.1, 0.15) is 36.8 Å². The molecule has 5 rings (SSSR count). The molecule has 0 spiro atoms. The molecule has 0 unspecified atom stereocenters. The Bertz CT molecular complexity index is 1220. The van der Waals surface area contributed by atoms with E-state index in [0.29, 0.717) is 6.42 Å². The molecule has 3 aromatic rings. The maximum Gasteiger partial charge on any atom is 0.309 e. The number of thioether (sulfide) groups is 1. The van der Waals surface area contributed by atoms with E-state index in [0.717, 1.165) is 101 Å². The number of morpholine rings is 1. The van der Waals surface area contributed by atoms with Gasteiger partial charge in [0.2, 0.25) is 0 Å². The minimum atomic E-state index is -0.637. The number of piperidine rings is 1. The van der Waals surface area contributed by atoms with Crippen LogP contribution in [-0.2, 0) is 22.5 Å². The van der Waals surface area contributed by atoms with Crippen molar-refractivity contribution in [2.75, 3.05) is 58.8 Å². The predicted octanol–water partition coefficient (Wildman–Crippen LogP) is 5.42. The molecule has 1 N–H and O–H groups in total. The van der Waals surface area contributed by atoms with Crippen molar-refractivity contribution in [2.24, 2.45) is 5.41 Å². The van der Waals surface area contributed by atoms with Gasteiger partial charge >= 0.3 is 5.97 Å². The van der Waals surface area contributed by atoms with E-state index in [1.54, 1.807) is 18.4 Å². The van der Waals surface area contributed by atoms with Gasteiger partial charge in [0.25, 0.3) is 0 Å². The van der Waals surface area contributed by atoms with Crippen LogP contribution in [0.25, 0.3) is 10.9 Å². The molecule has 4 heterocycles. The van der Waals surface area contributed by atoms with Gasteiger partial charge in [-0.15, -0.1) is 23.1 Å². The smallest absolute Gasteiger partial charge is 0.309 e. The zero-order valence-corrected chi connectivity index (χ0v) is 24.4. The largest absolute Gasteiger partial charge is 0.497 e. The van der Waals surface area contributed by atoms with Crippen LogP contribution in [0, 0.1) is 5.41 Å².